The van der Waals surface area contributed by atoms with Crippen LogP contribution in [0.15, 0.2) is 28.2 Å². The van der Waals surface area contributed by atoms with Gasteiger partial charge in [0.05, 0.1) is 0 Å². The second-order valence-electron chi connectivity index (χ2n) is 5.27. The van der Waals surface area contributed by atoms with Crippen LogP contribution < -0.4 is 29.6 Å². The third-order valence-corrected chi connectivity index (χ3v) is 4.87. The van der Waals surface area contributed by atoms with Crippen LogP contribution in [-0.4, -0.2) is 54.8 Å². The molecule has 1 aliphatic heterocycles. The van der Waals surface area contributed by atoms with Gasteiger partial charge in [0.25, 0.3) is 5.91 Å². The molecule has 156 valence electrons. The smallest absolute Gasteiger partial charge is 0.356 e. The summed E-state index contributed by atoms with van der Waals surface area (Å²) < 4.78 is 36.1. The first-order chi connectivity index (χ1) is 13.8. The van der Waals surface area contributed by atoms with Crippen LogP contribution in [0.1, 0.15) is 18.4 Å². The molecule has 30 heavy (non-hydrogen) atoms. The Morgan fingerprint density at radius 3 is 2.50 bits per heavy atom. The van der Waals surface area contributed by atoms with Gasteiger partial charge in [0, 0.05) is 32.1 Å². The van der Waals surface area contributed by atoms with Gasteiger partial charge in [-0.2, -0.15) is 0 Å². The molecule has 1 fully saturated rings. The van der Waals surface area contributed by atoms with E-state index in [1.54, 1.807) is 43.4 Å². The van der Waals surface area contributed by atoms with E-state index in [1.807, 2.05) is 0 Å². The van der Waals surface area contributed by atoms with Crippen molar-refractivity contribution in [3.63, 3.8) is 0 Å². The van der Waals surface area contributed by atoms with E-state index >= 15 is 0 Å². The normalized spacial score (nSPS) is 14.1. The fraction of sp³-hybridized carbons (Fsp3) is 0.375. The molecule has 0 unspecified atom stereocenters. The Hall–Kier alpha value is -1.28. The zero-order valence-corrected chi connectivity index (χ0v) is 20.9. The summed E-state index contributed by atoms with van der Waals surface area (Å²) in [7, 11) is 0.0560. The third kappa shape index (κ3) is 10.2. The maximum Gasteiger partial charge on any atom is 1.00 e. The van der Waals surface area contributed by atoms with E-state index in [0.29, 0.717) is 27.9 Å². The number of rotatable bonds is 8. The summed E-state index contributed by atoms with van der Waals surface area (Å²) in [5.41, 5.74) is 9.59. The van der Waals surface area contributed by atoms with Gasteiger partial charge in [-0.05, 0) is 22.6 Å². The fourth-order valence-electron chi connectivity index (χ4n) is 2.21. The molecular formula is C16H17N4NaO6S3. The Balaban J connectivity index is 0.00000154. The van der Waals surface area contributed by atoms with Gasteiger partial charge in [0.1, 0.15) is 4.32 Å². The van der Waals surface area contributed by atoms with Gasteiger partial charge in [0.2, 0.25) is 0 Å². The molecule has 0 aliphatic carbocycles. The number of thiocarbonyl (C=S) groups is 1. The number of azide groups is 1. The molecule has 0 radical (unpaired) electrons. The van der Waals surface area contributed by atoms with E-state index in [4.69, 9.17) is 39.8 Å². The number of carbonyl (C=O) groups excluding carboxylic acids is 1. The van der Waals surface area contributed by atoms with Crippen molar-refractivity contribution in [3.8, 4) is 0 Å². The van der Waals surface area contributed by atoms with Gasteiger partial charge in [-0.1, -0.05) is 24.0 Å². The van der Waals surface area contributed by atoms with Gasteiger partial charge < -0.3 is 9.47 Å². The number of hydrogen-bond acceptors (Lipinski definition) is 9. The quantitative estimate of drug-likeness (QED) is 0.0742. The number of thioether (sulfide) groups is 1. The topological polar surface area (TPSA) is 139 Å². The SMILES string of the molecule is COC(CCCN1C(=O)C(=Cc2[c-]cc(N=[N+]=[N-])cc2)SC1=S)OC.O=S(=O)=O.[Na+]. The minimum absolute atomic E-state index is 0. The number of amides is 1. The molecule has 0 bridgehead atoms. The molecule has 10 nitrogen and oxygen atoms in total. The van der Waals surface area contributed by atoms with Crippen LogP contribution in [-0.2, 0) is 24.9 Å². The second kappa shape index (κ2) is 15.5. The standard InChI is InChI=1S/C16H17N4O3S2.Na.O3S/c1-22-14(23-2)4-3-9-20-15(21)13(25-16(20)24)10-11-5-7-12(8-6-11)18-19-17;;1-4(2)3/h5,7-8,10,14H,3-4,9H2,1-2H3;;/q-1;+1;. The average Bonchev–Trinajstić information content (AvgIpc) is 2.94. The third-order valence-electron chi connectivity index (χ3n) is 3.49. The molecule has 0 atom stereocenters. The van der Waals surface area contributed by atoms with Crippen molar-refractivity contribution in [2.45, 2.75) is 19.1 Å². The number of hydrogen-bond donors (Lipinski definition) is 0. The molecule has 14 heteroatoms. The first-order valence-corrected chi connectivity index (χ1v) is 10.2. The predicted octanol–water partition coefficient (Wildman–Crippen LogP) is 0.0288. The summed E-state index contributed by atoms with van der Waals surface area (Å²) in [6.45, 7) is 0.519. The molecule has 0 N–H and O–H groups in total. The van der Waals surface area contributed by atoms with Crippen LogP contribution in [0.5, 0.6) is 0 Å². The van der Waals surface area contributed by atoms with E-state index in [9.17, 15) is 4.79 Å². The van der Waals surface area contributed by atoms with E-state index in [2.05, 4.69) is 16.1 Å². The molecule has 1 aromatic rings. The number of nitrogens with zero attached hydrogens (tertiary/aromatic N) is 4. The average molecular weight is 481 g/mol. The number of methoxy groups -OCH3 is 2. The Morgan fingerprint density at radius 2 is 2.00 bits per heavy atom. The van der Waals surface area contributed by atoms with Crippen molar-refractivity contribution in [2.75, 3.05) is 20.8 Å². The van der Waals surface area contributed by atoms with Crippen LogP contribution in [0.2, 0.25) is 0 Å². The molecule has 1 aliphatic rings. The number of carbonyl (C=O) groups is 1. The maximum absolute atomic E-state index is 12.5. The van der Waals surface area contributed by atoms with Crippen LogP contribution >= 0.6 is 24.0 Å². The molecule has 0 spiro atoms. The second-order valence-corrected chi connectivity index (χ2v) is 7.36. The van der Waals surface area contributed by atoms with Gasteiger partial charge in [-0.3, -0.25) is 9.69 Å². The van der Waals surface area contributed by atoms with Crippen molar-refractivity contribution in [2.24, 2.45) is 5.11 Å². The van der Waals surface area contributed by atoms with E-state index < -0.39 is 10.6 Å². The zero-order chi connectivity index (χ0) is 21.8. The first kappa shape index (κ1) is 28.7. The van der Waals surface area contributed by atoms with Crippen LogP contribution in [0.4, 0.5) is 5.69 Å². The summed E-state index contributed by atoms with van der Waals surface area (Å²) in [6, 6.07) is 7.94. The van der Waals surface area contributed by atoms with Crippen molar-refractivity contribution < 1.29 is 56.5 Å². The van der Waals surface area contributed by atoms with Gasteiger partial charge in [-0.25, -0.2) is 0 Å². The molecule has 2 rings (SSSR count). The zero-order valence-electron chi connectivity index (χ0n) is 16.5. The van der Waals surface area contributed by atoms with Crippen molar-refractivity contribution in [3.05, 3.63) is 45.2 Å². The van der Waals surface area contributed by atoms with Crippen molar-refractivity contribution >= 4 is 56.6 Å². The Kier molecular flexibility index (Phi) is 14.8. The van der Waals surface area contributed by atoms with Crippen LogP contribution in [0.25, 0.3) is 16.5 Å². The van der Waals surface area contributed by atoms with Crippen molar-refractivity contribution in [1.29, 1.82) is 0 Å². The molecule has 0 saturated carbocycles. The van der Waals surface area contributed by atoms with E-state index in [0.717, 1.165) is 12.0 Å². The predicted molar refractivity (Wildman–Crippen MR) is 111 cm³/mol. The molecule has 1 heterocycles. The summed E-state index contributed by atoms with van der Waals surface area (Å²) in [5.74, 6) is -0.117. The fourth-order valence-corrected chi connectivity index (χ4v) is 3.51. The summed E-state index contributed by atoms with van der Waals surface area (Å²) in [5, 5.41) is 3.49. The molecule has 1 aromatic carbocycles. The number of benzene rings is 1. The molecule has 1 saturated heterocycles. The minimum atomic E-state index is -3.11. The first-order valence-electron chi connectivity index (χ1n) is 7.97. The summed E-state index contributed by atoms with van der Waals surface area (Å²) >= 11 is 6.57. The minimum Gasteiger partial charge on any atom is -0.356 e. The number of ether oxygens (including phenoxy) is 2. The molecular weight excluding hydrogens is 463 g/mol. The van der Waals surface area contributed by atoms with Gasteiger partial charge in [0.15, 0.2) is 6.29 Å². The Labute approximate surface area is 207 Å². The van der Waals surface area contributed by atoms with Crippen molar-refractivity contribution in [1.82, 2.24) is 4.90 Å². The Morgan fingerprint density at radius 1 is 1.37 bits per heavy atom. The van der Waals surface area contributed by atoms with E-state index in [-0.39, 0.29) is 41.8 Å². The summed E-state index contributed by atoms with van der Waals surface area (Å²) in [6.07, 6.45) is 2.85. The molecule has 1 amide bonds. The summed E-state index contributed by atoms with van der Waals surface area (Å²) in [4.78, 5) is 17.4. The maximum atomic E-state index is 12.5. The largest absolute Gasteiger partial charge is 1.00 e. The van der Waals surface area contributed by atoms with Crippen LogP contribution in [0.3, 0.4) is 0 Å². The van der Waals surface area contributed by atoms with Gasteiger partial charge in [-0.15, -0.1) is 53.6 Å². The molecule has 0 aromatic heterocycles. The van der Waals surface area contributed by atoms with E-state index in [1.165, 1.54) is 11.8 Å². The van der Waals surface area contributed by atoms with Crippen LogP contribution in [0, 0.1) is 6.07 Å². The van der Waals surface area contributed by atoms with Gasteiger partial charge >= 0.3 is 40.2 Å². The Bertz CT molecular complexity index is 907. The monoisotopic (exact) mass is 480 g/mol.